The summed E-state index contributed by atoms with van der Waals surface area (Å²) in [7, 11) is 0. The fourth-order valence-electron chi connectivity index (χ4n) is 5.59. The molecule has 0 bridgehead atoms. The zero-order valence-corrected chi connectivity index (χ0v) is 21.2. The number of para-hydroxylation sites is 1. The molecule has 0 aliphatic carbocycles. The Kier molecular flexibility index (Phi) is 5.34. The second kappa shape index (κ2) is 8.45. The molecule has 1 unspecified atom stereocenters. The van der Waals surface area contributed by atoms with Crippen LogP contribution in [0.2, 0.25) is 0 Å². The van der Waals surface area contributed by atoms with Crippen molar-refractivity contribution in [1.29, 1.82) is 0 Å². The smallest absolute Gasteiger partial charge is 0.291 e. The molecule has 6 nitrogen and oxygen atoms in total. The zero-order chi connectivity index (χ0) is 25.0. The van der Waals surface area contributed by atoms with Crippen LogP contribution in [0.25, 0.3) is 11.0 Å². The van der Waals surface area contributed by atoms with E-state index in [1.807, 2.05) is 61.5 Å². The third kappa shape index (κ3) is 3.05. The number of anilines is 1. The van der Waals surface area contributed by atoms with Crippen molar-refractivity contribution in [3.63, 3.8) is 0 Å². The number of carbonyl (C=O) groups excluding carboxylic acids is 2. The van der Waals surface area contributed by atoms with E-state index in [0.29, 0.717) is 34.0 Å². The van der Waals surface area contributed by atoms with Crippen molar-refractivity contribution in [3.8, 4) is 0 Å². The first kappa shape index (κ1) is 22.7. The van der Waals surface area contributed by atoms with Gasteiger partial charge in [-0.05, 0) is 42.7 Å². The van der Waals surface area contributed by atoms with Gasteiger partial charge in [-0.15, -0.1) is 0 Å². The van der Waals surface area contributed by atoms with Crippen LogP contribution < -0.4 is 10.3 Å². The fourth-order valence-corrected chi connectivity index (χ4v) is 5.96. The monoisotopic (exact) mass is 542 g/mol. The highest BCUT2D eigenvalue weighted by molar-refractivity contribution is 9.10. The van der Waals surface area contributed by atoms with Gasteiger partial charge in [0.2, 0.25) is 5.76 Å². The summed E-state index contributed by atoms with van der Waals surface area (Å²) in [4.78, 5) is 45.7. The summed E-state index contributed by atoms with van der Waals surface area (Å²) in [6, 6.07) is 22.4. The van der Waals surface area contributed by atoms with Gasteiger partial charge < -0.3 is 14.2 Å². The van der Waals surface area contributed by atoms with Gasteiger partial charge in [0.05, 0.1) is 16.6 Å². The number of carbonyl (C=O) groups is 2. The molecule has 2 amide bonds. The van der Waals surface area contributed by atoms with Crippen LogP contribution in [-0.4, -0.2) is 29.8 Å². The lowest BCUT2D eigenvalue weighted by atomic mass is 9.83. The van der Waals surface area contributed by atoms with E-state index in [1.54, 1.807) is 28.0 Å². The summed E-state index contributed by atoms with van der Waals surface area (Å²) < 4.78 is 6.81. The first-order valence-electron chi connectivity index (χ1n) is 12.0. The van der Waals surface area contributed by atoms with Crippen LogP contribution in [0.3, 0.4) is 0 Å². The van der Waals surface area contributed by atoms with Crippen LogP contribution in [0.15, 0.2) is 86.5 Å². The van der Waals surface area contributed by atoms with Crippen molar-refractivity contribution in [2.45, 2.75) is 25.3 Å². The molecule has 1 spiro atoms. The van der Waals surface area contributed by atoms with Crippen LogP contribution in [0, 0.1) is 0 Å². The maximum Gasteiger partial charge on any atom is 0.291 e. The van der Waals surface area contributed by atoms with E-state index in [9.17, 15) is 14.4 Å². The largest absolute Gasteiger partial charge is 0.450 e. The highest BCUT2D eigenvalue weighted by Gasteiger charge is 2.64. The minimum atomic E-state index is -1.57. The van der Waals surface area contributed by atoms with Crippen LogP contribution in [0.1, 0.15) is 40.6 Å². The molecule has 0 saturated heterocycles. The highest BCUT2D eigenvalue weighted by atomic mass is 79.9. The predicted molar refractivity (Wildman–Crippen MR) is 141 cm³/mol. The number of rotatable bonds is 5. The Hall–Kier alpha value is -3.71. The Balaban J connectivity index is 1.64. The maximum atomic E-state index is 14.4. The quantitative estimate of drug-likeness (QED) is 0.345. The number of fused-ring (bicyclic) bond motifs is 5. The average Bonchev–Trinajstić information content (AvgIpc) is 3.29. The summed E-state index contributed by atoms with van der Waals surface area (Å²) >= 11 is 3.43. The Bertz CT molecular complexity index is 1600. The summed E-state index contributed by atoms with van der Waals surface area (Å²) in [6.07, 6.45) is 1.27. The second-order valence-corrected chi connectivity index (χ2v) is 10.1. The van der Waals surface area contributed by atoms with Crippen molar-refractivity contribution in [1.82, 2.24) is 4.90 Å². The molecule has 6 rings (SSSR count). The predicted octanol–water partition coefficient (Wildman–Crippen LogP) is 5.25. The number of halogens is 1. The Morgan fingerprint density at radius 3 is 2.44 bits per heavy atom. The van der Waals surface area contributed by atoms with Gasteiger partial charge in [-0.1, -0.05) is 71.4 Å². The third-order valence-electron chi connectivity index (χ3n) is 7.11. The minimum Gasteiger partial charge on any atom is -0.450 e. The van der Waals surface area contributed by atoms with E-state index < -0.39 is 11.4 Å². The van der Waals surface area contributed by atoms with Crippen LogP contribution in [0.4, 0.5) is 5.69 Å². The number of hydrogen-bond acceptors (Lipinski definition) is 4. The standard InChI is InChI=1S/C29H23BrN2O4/c1-2-15-31-22-11-7-6-10-21(22)29(28(31)35)24-25(33)20-17-19(30)12-13-23(20)36-26(24)27(34)32(29)16-14-18-8-4-3-5-9-18/h3-13,17H,2,14-16H2,1H3. The van der Waals surface area contributed by atoms with Gasteiger partial charge in [-0.2, -0.15) is 0 Å². The van der Waals surface area contributed by atoms with Crippen molar-refractivity contribution in [2.75, 3.05) is 18.0 Å². The van der Waals surface area contributed by atoms with Gasteiger partial charge in [-0.25, -0.2) is 0 Å². The third-order valence-corrected chi connectivity index (χ3v) is 7.61. The number of hydrogen-bond donors (Lipinski definition) is 0. The lowest BCUT2D eigenvalue weighted by molar-refractivity contribution is -0.126. The number of nitrogens with zero attached hydrogens (tertiary/aromatic N) is 2. The molecule has 3 heterocycles. The molecule has 0 fully saturated rings. The van der Waals surface area contributed by atoms with Gasteiger partial charge in [0.1, 0.15) is 5.58 Å². The van der Waals surface area contributed by atoms with Crippen LogP contribution >= 0.6 is 15.9 Å². The Morgan fingerprint density at radius 1 is 0.917 bits per heavy atom. The molecule has 7 heteroatoms. The van der Waals surface area contributed by atoms with Gasteiger partial charge in [0.15, 0.2) is 11.0 Å². The zero-order valence-electron chi connectivity index (χ0n) is 19.7. The lowest BCUT2D eigenvalue weighted by Crippen LogP contribution is -2.54. The maximum absolute atomic E-state index is 14.4. The summed E-state index contributed by atoms with van der Waals surface area (Å²) in [5, 5.41) is 0.333. The normalized spacial score (nSPS) is 18.4. The molecular weight excluding hydrogens is 520 g/mol. The molecule has 0 radical (unpaired) electrons. The summed E-state index contributed by atoms with van der Waals surface area (Å²) in [5.41, 5.74) is 0.915. The van der Waals surface area contributed by atoms with E-state index >= 15 is 0 Å². The van der Waals surface area contributed by atoms with E-state index in [0.717, 1.165) is 17.7 Å². The highest BCUT2D eigenvalue weighted by Crippen LogP contribution is 2.52. The van der Waals surface area contributed by atoms with Crippen molar-refractivity contribution >= 4 is 44.4 Å². The SMILES string of the molecule is CCCN1C(=O)C2(c3ccccc31)c1c(oc3ccc(Br)cc3c1=O)C(=O)N2CCc1ccccc1. The topological polar surface area (TPSA) is 70.8 Å². The van der Waals surface area contributed by atoms with E-state index in [-0.39, 0.29) is 29.2 Å². The Labute approximate surface area is 216 Å². The molecule has 1 aromatic heterocycles. The van der Waals surface area contributed by atoms with E-state index in [2.05, 4.69) is 15.9 Å². The molecule has 2 aliphatic rings. The molecule has 0 N–H and O–H groups in total. The van der Waals surface area contributed by atoms with Gasteiger partial charge in [0.25, 0.3) is 11.8 Å². The Morgan fingerprint density at radius 2 is 1.67 bits per heavy atom. The number of benzene rings is 3. The first-order valence-corrected chi connectivity index (χ1v) is 12.8. The minimum absolute atomic E-state index is 0.0515. The van der Waals surface area contributed by atoms with Gasteiger partial charge in [0, 0.05) is 23.1 Å². The molecule has 1 atom stereocenters. The molecule has 36 heavy (non-hydrogen) atoms. The second-order valence-electron chi connectivity index (χ2n) is 9.15. The molecular formula is C29H23BrN2O4. The number of amides is 2. The molecule has 0 saturated carbocycles. The molecule has 180 valence electrons. The lowest BCUT2D eigenvalue weighted by Gasteiger charge is -2.34. The fraction of sp³-hybridized carbons (Fsp3) is 0.207. The summed E-state index contributed by atoms with van der Waals surface area (Å²) in [6.45, 7) is 2.74. The summed E-state index contributed by atoms with van der Waals surface area (Å²) in [5.74, 6) is -0.777. The van der Waals surface area contributed by atoms with Crippen molar-refractivity contribution in [3.05, 3.63) is 110 Å². The molecule has 4 aromatic rings. The van der Waals surface area contributed by atoms with E-state index in [4.69, 9.17) is 4.42 Å². The van der Waals surface area contributed by atoms with Gasteiger partial charge >= 0.3 is 0 Å². The van der Waals surface area contributed by atoms with Crippen molar-refractivity contribution < 1.29 is 14.0 Å². The molecule has 2 aliphatic heterocycles. The van der Waals surface area contributed by atoms with Gasteiger partial charge in [-0.3, -0.25) is 14.4 Å². The van der Waals surface area contributed by atoms with Crippen molar-refractivity contribution in [2.24, 2.45) is 0 Å². The molecule has 3 aromatic carbocycles. The first-order chi connectivity index (χ1) is 17.5. The van der Waals surface area contributed by atoms with Crippen LogP contribution in [0.5, 0.6) is 0 Å². The van der Waals surface area contributed by atoms with Crippen LogP contribution in [-0.2, 0) is 16.8 Å². The average molecular weight is 543 g/mol. The van der Waals surface area contributed by atoms with E-state index in [1.165, 1.54) is 0 Å².